The van der Waals surface area contributed by atoms with Gasteiger partial charge in [-0.25, -0.2) is 0 Å². The quantitative estimate of drug-likeness (QED) is 0.364. The Morgan fingerprint density at radius 3 is 2.60 bits per heavy atom. The second-order valence-electron chi connectivity index (χ2n) is 4.18. The number of hydrogen-bond acceptors (Lipinski definition) is 3. The molecule has 0 heterocycles. The highest BCUT2D eigenvalue weighted by Crippen LogP contribution is 2.14. The highest BCUT2D eigenvalue weighted by Gasteiger charge is 2.01. The molecule has 0 saturated carbocycles. The number of nitrogens with zero attached hydrogens (tertiary/aromatic N) is 1. The summed E-state index contributed by atoms with van der Waals surface area (Å²) < 4.78 is 29.6. The van der Waals surface area contributed by atoms with E-state index in [-0.39, 0.29) is 5.75 Å². The van der Waals surface area contributed by atoms with Crippen LogP contribution in [0, 0.1) is 0 Å². The summed E-state index contributed by atoms with van der Waals surface area (Å²) in [4.78, 5) is 4.11. The first-order valence-electron chi connectivity index (χ1n) is 6.36. The Morgan fingerprint density at radius 2 is 2.00 bits per heavy atom. The summed E-state index contributed by atoms with van der Waals surface area (Å²) in [5.74, 6) is -0.255. The molecule has 0 bridgehead atoms. The third-order valence-corrected chi connectivity index (χ3v) is 3.31. The van der Waals surface area contributed by atoms with E-state index in [1.807, 2.05) is 55.5 Å². The van der Waals surface area contributed by atoms with Crippen molar-refractivity contribution in [3.63, 3.8) is 0 Å². The lowest BCUT2D eigenvalue weighted by Crippen LogP contribution is -2.04. The summed E-state index contributed by atoms with van der Waals surface area (Å²) in [6.07, 6.45) is 7.78. The Hall–Kier alpha value is -1.72. The second kappa shape index (κ2) is 8.45. The van der Waals surface area contributed by atoms with Crippen molar-refractivity contribution in [1.29, 1.82) is 0 Å². The first-order chi connectivity index (χ1) is 9.53. The van der Waals surface area contributed by atoms with E-state index in [0.717, 1.165) is 11.1 Å². The maximum absolute atomic E-state index is 10.5. The molecule has 0 spiro atoms. The molecule has 0 aliphatic rings. The molecule has 0 aliphatic carbocycles. The Labute approximate surface area is 120 Å². The molecule has 108 valence electrons. The van der Waals surface area contributed by atoms with Gasteiger partial charge in [0.15, 0.2) is 0 Å². The van der Waals surface area contributed by atoms with Gasteiger partial charge in [0, 0.05) is 12.8 Å². The van der Waals surface area contributed by atoms with Gasteiger partial charge in [0.2, 0.25) is 0 Å². The molecule has 1 aromatic carbocycles. The summed E-state index contributed by atoms with van der Waals surface area (Å²) in [7, 11) is -3.88. The van der Waals surface area contributed by atoms with Crippen LogP contribution in [0.4, 0.5) is 0 Å². The van der Waals surface area contributed by atoms with Gasteiger partial charge in [0.25, 0.3) is 10.1 Å². The number of aliphatic imine (C=N–C) groups is 1. The number of hydrogen-bond donors (Lipinski definition) is 1. The van der Waals surface area contributed by atoms with Gasteiger partial charge in [-0.05, 0) is 30.6 Å². The zero-order chi connectivity index (χ0) is 14.8. The van der Waals surface area contributed by atoms with Crippen LogP contribution in [0.3, 0.4) is 0 Å². The molecule has 0 unspecified atom stereocenters. The molecule has 0 saturated heterocycles. The molecule has 0 fully saturated rings. The molecule has 5 heteroatoms. The highest BCUT2D eigenvalue weighted by atomic mass is 32.2. The molecule has 1 aromatic rings. The summed E-state index contributed by atoms with van der Waals surface area (Å²) in [6.45, 7) is 2.31. The van der Waals surface area contributed by atoms with Gasteiger partial charge >= 0.3 is 0 Å². The van der Waals surface area contributed by atoms with Crippen LogP contribution in [-0.4, -0.2) is 31.5 Å². The van der Waals surface area contributed by atoms with E-state index in [1.165, 1.54) is 0 Å². The van der Waals surface area contributed by atoms with Gasteiger partial charge < -0.3 is 0 Å². The molecule has 0 aromatic heterocycles. The largest absolute Gasteiger partial charge is 0.293 e. The van der Waals surface area contributed by atoms with Gasteiger partial charge in [0.1, 0.15) is 0 Å². The zero-order valence-corrected chi connectivity index (χ0v) is 12.3. The Bertz CT molecular complexity index is 587. The van der Waals surface area contributed by atoms with Gasteiger partial charge in [-0.3, -0.25) is 9.55 Å². The number of allylic oxidation sites excluding steroid dienone is 4. The Morgan fingerprint density at radius 1 is 1.30 bits per heavy atom. The molecule has 0 aliphatic heterocycles. The summed E-state index contributed by atoms with van der Waals surface area (Å²) in [6, 6.07) is 9.92. The van der Waals surface area contributed by atoms with Crippen molar-refractivity contribution >= 4 is 21.9 Å². The minimum absolute atomic E-state index is 0.255. The van der Waals surface area contributed by atoms with E-state index < -0.39 is 10.1 Å². The number of benzene rings is 1. The van der Waals surface area contributed by atoms with Crippen LogP contribution in [0.2, 0.25) is 0 Å². The van der Waals surface area contributed by atoms with E-state index in [0.29, 0.717) is 13.0 Å². The topological polar surface area (TPSA) is 66.7 Å². The summed E-state index contributed by atoms with van der Waals surface area (Å²) >= 11 is 0. The lowest BCUT2D eigenvalue weighted by Gasteiger charge is -2.00. The minimum Gasteiger partial charge on any atom is -0.293 e. The molecule has 0 radical (unpaired) electrons. The van der Waals surface area contributed by atoms with Crippen molar-refractivity contribution in [3.8, 4) is 0 Å². The van der Waals surface area contributed by atoms with Crippen LogP contribution in [0.5, 0.6) is 0 Å². The van der Waals surface area contributed by atoms with Crippen molar-refractivity contribution in [2.24, 2.45) is 4.99 Å². The molecule has 4 nitrogen and oxygen atoms in total. The van der Waals surface area contributed by atoms with Crippen molar-refractivity contribution in [3.05, 3.63) is 54.1 Å². The third kappa shape index (κ3) is 7.01. The second-order valence-corrected chi connectivity index (χ2v) is 5.75. The molecule has 1 N–H and O–H groups in total. The molecular weight excluding hydrogens is 274 g/mol. The van der Waals surface area contributed by atoms with Crippen LogP contribution in [0.1, 0.15) is 18.9 Å². The third-order valence-electron chi connectivity index (χ3n) is 2.50. The van der Waals surface area contributed by atoms with Crippen molar-refractivity contribution < 1.29 is 13.0 Å². The van der Waals surface area contributed by atoms with E-state index in [1.54, 1.807) is 6.21 Å². The minimum atomic E-state index is -3.88. The molecule has 1 rings (SSSR count). The maximum atomic E-state index is 10.5. The van der Waals surface area contributed by atoms with Crippen LogP contribution in [0.25, 0.3) is 5.57 Å². The first kappa shape index (κ1) is 16.3. The fourth-order valence-corrected chi connectivity index (χ4v) is 2.10. The van der Waals surface area contributed by atoms with Gasteiger partial charge in [-0.1, -0.05) is 42.5 Å². The van der Waals surface area contributed by atoms with Crippen LogP contribution in [0.15, 0.2) is 53.6 Å². The summed E-state index contributed by atoms with van der Waals surface area (Å²) in [5.41, 5.74) is 2.13. The van der Waals surface area contributed by atoms with Gasteiger partial charge in [-0.2, -0.15) is 8.42 Å². The van der Waals surface area contributed by atoms with Crippen molar-refractivity contribution in [1.82, 2.24) is 0 Å². The molecule has 20 heavy (non-hydrogen) atoms. The van der Waals surface area contributed by atoms with Crippen LogP contribution in [-0.2, 0) is 10.1 Å². The van der Waals surface area contributed by atoms with E-state index in [9.17, 15) is 8.42 Å². The van der Waals surface area contributed by atoms with Crippen LogP contribution < -0.4 is 0 Å². The summed E-state index contributed by atoms with van der Waals surface area (Å²) in [5, 5.41) is 0. The van der Waals surface area contributed by atoms with E-state index >= 15 is 0 Å². The average molecular weight is 293 g/mol. The molecular formula is C15H19NO3S. The standard InChI is InChI=1S/C15H19NO3S/c1-2-7-14(15-8-4-3-5-9-15)10-12-16-11-6-13-20(17,18)19/h2-5,7-10,12H,6,11,13H2,1H3,(H,17,18,19)/b7-2-,14-10+,16-12+. The number of rotatable bonds is 7. The lowest BCUT2D eigenvalue weighted by molar-refractivity contribution is 0.481. The lowest BCUT2D eigenvalue weighted by atomic mass is 10.1. The Balaban J connectivity index is 2.60. The normalized spacial score (nSPS) is 13.4. The average Bonchev–Trinajstić information content (AvgIpc) is 2.41. The van der Waals surface area contributed by atoms with Crippen molar-refractivity contribution in [2.45, 2.75) is 13.3 Å². The predicted molar refractivity (Wildman–Crippen MR) is 83.6 cm³/mol. The fourth-order valence-electron chi connectivity index (χ4n) is 1.60. The molecule has 0 atom stereocenters. The van der Waals surface area contributed by atoms with E-state index in [4.69, 9.17) is 4.55 Å². The maximum Gasteiger partial charge on any atom is 0.264 e. The smallest absolute Gasteiger partial charge is 0.264 e. The van der Waals surface area contributed by atoms with Gasteiger partial charge in [-0.15, -0.1) is 0 Å². The Kier molecular flexibility index (Phi) is 6.90. The zero-order valence-electron chi connectivity index (χ0n) is 11.4. The highest BCUT2D eigenvalue weighted by molar-refractivity contribution is 7.85. The van der Waals surface area contributed by atoms with E-state index in [2.05, 4.69) is 4.99 Å². The SMILES string of the molecule is C\C=C/C(=C\C=N\CCCS(=O)(=O)O)c1ccccc1. The molecule has 0 amide bonds. The predicted octanol–water partition coefficient (Wildman–Crippen LogP) is 2.99. The van der Waals surface area contributed by atoms with Gasteiger partial charge in [0.05, 0.1) is 5.75 Å². The fraction of sp³-hybridized carbons (Fsp3) is 0.267. The van der Waals surface area contributed by atoms with Crippen LogP contribution >= 0.6 is 0 Å². The first-order valence-corrected chi connectivity index (χ1v) is 7.97. The monoisotopic (exact) mass is 293 g/mol. The van der Waals surface area contributed by atoms with Crippen molar-refractivity contribution in [2.75, 3.05) is 12.3 Å².